The van der Waals surface area contributed by atoms with Crippen LogP contribution in [-0.2, 0) is 11.8 Å². The largest absolute Gasteiger partial charge is 0.454 e. The molecule has 0 unspecified atom stereocenters. The summed E-state index contributed by atoms with van der Waals surface area (Å²) in [7, 11) is 2.04. The minimum absolute atomic E-state index is 0.0249. The summed E-state index contributed by atoms with van der Waals surface area (Å²) in [4.78, 5) is 15.0. The number of fused-ring (bicyclic) bond motifs is 1. The fourth-order valence-electron chi connectivity index (χ4n) is 3.85. The number of hydrogen-bond acceptors (Lipinski definition) is 3. The van der Waals surface area contributed by atoms with Gasteiger partial charge in [-0.25, -0.2) is 0 Å². The minimum atomic E-state index is 0.0249. The van der Waals surface area contributed by atoms with Crippen molar-refractivity contribution in [2.75, 3.05) is 13.3 Å². The van der Waals surface area contributed by atoms with Crippen molar-refractivity contribution in [1.29, 1.82) is 0 Å². The molecule has 2 aliphatic heterocycles. The van der Waals surface area contributed by atoms with E-state index in [1.54, 1.807) is 18.2 Å². The molecule has 1 saturated heterocycles. The second kappa shape index (κ2) is 7.69. The van der Waals surface area contributed by atoms with Gasteiger partial charge in [0.1, 0.15) is 0 Å². The normalized spacial score (nSPS) is 19.5. The van der Waals surface area contributed by atoms with E-state index in [9.17, 15) is 4.79 Å². The number of carbonyl (C=O) groups is 1. The number of rotatable bonds is 3. The Hall–Kier alpha value is -2.40. The smallest absolute Gasteiger partial charge is 0.247 e. The third-order valence-electron chi connectivity index (χ3n) is 5.23. The highest BCUT2D eigenvalue weighted by molar-refractivity contribution is 6.32. The molecule has 0 saturated carbocycles. The molecule has 4 rings (SSSR count). The molecule has 0 spiro atoms. The van der Waals surface area contributed by atoms with Gasteiger partial charge < -0.3 is 18.9 Å². The summed E-state index contributed by atoms with van der Waals surface area (Å²) in [6, 6.07) is 7.89. The van der Waals surface area contributed by atoms with Crippen LogP contribution in [0.2, 0.25) is 5.02 Å². The summed E-state index contributed by atoms with van der Waals surface area (Å²) >= 11 is 6.23. The van der Waals surface area contributed by atoms with E-state index >= 15 is 0 Å². The van der Waals surface area contributed by atoms with Gasteiger partial charge >= 0.3 is 0 Å². The van der Waals surface area contributed by atoms with E-state index < -0.39 is 0 Å². The van der Waals surface area contributed by atoms with Crippen LogP contribution in [0.5, 0.6) is 11.5 Å². The summed E-state index contributed by atoms with van der Waals surface area (Å²) in [6.07, 6.45) is 9.79. The van der Waals surface area contributed by atoms with Crippen LogP contribution in [0.25, 0.3) is 6.08 Å². The molecule has 1 aromatic carbocycles. The molecule has 6 heteroatoms. The number of hydrogen-bond donors (Lipinski definition) is 0. The molecule has 0 aliphatic carbocycles. The van der Waals surface area contributed by atoms with E-state index in [4.69, 9.17) is 21.1 Å². The number of aryl methyl sites for hydroxylation is 1. The average molecular weight is 387 g/mol. The van der Waals surface area contributed by atoms with Crippen molar-refractivity contribution in [3.8, 4) is 11.5 Å². The van der Waals surface area contributed by atoms with Gasteiger partial charge in [-0.3, -0.25) is 4.79 Å². The number of aromatic nitrogens is 1. The highest BCUT2D eigenvalue weighted by atomic mass is 35.5. The van der Waals surface area contributed by atoms with E-state index in [1.807, 2.05) is 30.3 Å². The van der Waals surface area contributed by atoms with Gasteiger partial charge in [0.25, 0.3) is 0 Å². The zero-order chi connectivity index (χ0) is 18.8. The van der Waals surface area contributed by atoms with Crippen molar-refractivity contribution >= 4 is 23.6 Å². The van der Waals surface area contributed by atoms with Gasteiger partial charge in [-0.05, 0) is 48.7 Å². The maximum Gasteiger partial charge on any atom is 0.247 e. The number of ether oxygens (including phenoxy) is 2. The van der Waals surface area contributed by atoms with Crippen molar-refractivity contribution < 1.29 is 14.3 Å². The predicted molar refractivity (Wildman–Crippen MR) is 105 cm³/mol. The van der Waals surface area contributed by atoms with Gasteiger partial charge in [0.2, 0.25) is 12.7 Å². The highest BCUT2D eigenvalue weighted by Crippen LogP contribution is 2.40. The summed E-state index contributed by atoms with van der Waals surface area (Å²) < 4.78 is 12.8. The van der Waals surface area contributed by atoms with Gasteiger partial charge in [-0.15, -0.1) is 0 Å². The molecule has 5 nitrogen and oxygen atoms in total. The Balaban J connectivity index is 1.56. The third kappa shape index (κ3) is 3.69. The molecule has 142 valence electrons. The molecular weight excluding hydrogens is 364 g/mol. The summed E-state index contributed by atoms with van der Waals surface area (Å²) in [5, 5.41) is 0.494. The first kappa shape index (κ1) is 18.0. The monoisotopic (exact) mass is 386 g/mol. The van der Waals surface area contributed by atoms with Crippen LogP contribution >= 0.6 is 11.6 Å². The lowest BCUT2D eigenvalue weighted by Gasteiger charge is -2.29. The van der Waals surface area contributed by atoms with Crippen LogP contribution in [0.15, 0.2) is 36.5 Å². The van der Waals surface area contributed by atoms with Gasteiger partial charge in [0, 0.05) is 31.6 Å². The van der Waals surface area contributed by atoms with E-state index in [2.05, 4.69) is 10.6 Å². The Kier molecular flexibility index (Phi) is 5.12. The number of likely N-dealkylation sites (tertiary alicyclic amines) is 1. The zero-order valence-electron chi connectivity index (χ0n) is 15.4. The number of carbonyl (C=O) groups excluding carboxylic acids is 1. The van der Waals surface area contributed by atoms with Crippen molar-refractivity contribution in [2.24, 2.45) is 7.05 Å². The number of halogens is 1. The maximum atomic E-state index is 13.0. The first-order chi connectivity index (χ1) is 13.1. The van der Waals surface area contributed by atoms with Gasteiger partial charge in [0.15, 0.2) is 11.5 Å². The fraction of sp³-hybridized carbons (Fsp3) is 0.381. The standard InChI is InChI=1S/C21H23ClN2O3/c1-23-10-5-7-17(23)18-6-3-2-4-11-24(18)20(25)9-8-15-12-16(22)21-19(13-15)26-14-27-21/h5,7-10,12-13,18H,2-4,6,11,14H2,1H3/b9-8-/t18-/m1/s1. The second-order valence-electron chi connectivity index (χ2n) is 7.01. The molecule has 1 atom stereocenters. The SMILES string of the molecule is Cn1cccc1[C@H]1CCCCCN1C(=O)/C=C\c1cc(Cl)c2c(c1)OCO2. The predicted octanol–water partition coefficient (Wildman–Crippen LogP) is 4.56. The third-order valence-corrected chi connectivity index (χ3v) is 5.51. The molecule has 0 N–H and O–H groups in total. The molecule has 0 radical (unpaired) electrons. The average Bonchev–Trinajstić information content (AvgIpc) is 3.23. The van der Waals surface area contributed by atoms with E-state index in [1.165, 1.54) is 5.69 Å². The zero-order valence-corrected chi connectivity index (χ0v) is 16.1. The van der Waals surface area contributed by atoms with Crippen LogP contribution in [-0.4, -0.2) is 28.7 Å². The topological polar surface area (TPSA) is 43.7 Å². The maximum absolute atomic E-state index is 13.0. The van der Waals surface area contributed by atoms with E-state index in [-0.39, 0.29) is 18.7 Å². The van der Waals surface area contributed by atoms with Gasteiger partial charge in [0.05, 0.1) is 11.1 Å². The summed E-state index contributed by atoms with van der Waals surface area (Å²) in [6.45, 7) is 0.953. The number of nitrogens with zero attached hydrogens (tertiary/aromatic N) is 2. The van der Waals surface area contributed by atoms with Crippen molar-refractivity contribution in [2.45, 2.75) is 31.7 Å². The summed E-state index contributed by atoms with van der Waals surface area (Å²) in [5.41, 5.74) is 2.01. The Morgan fingerprint density at radius 2 is 2.15 bits per heavy atom. The Morgan fingerprint density at radius 3 is 2.96 bits per heavy atom. The molecule has 2 aliphatic rings. The Morgan fingerprint density at radius 1 is 1.26 bits per heavy atom. The molecule has 1 fully saturated rings. The molecule has 27 heavy (non-hydrogen) atoms. The van der Waals surface area contributed by atoms with Crippen LogP contribution in [0.4, 0.5) is 0 Å². The summed E-state index contributed by atoms with van der Waals surface area (Å²) in [5.74, 6) is 1.21. The molecule has 1 amide bonds. The first-order valence-corrected chi connectivity index (χ1v) is 9.70. The molecule has 1 aromatic heterocycles. The van der Waals surface area contributed by atoms with Crippen LogP contribution in [0, 0.1) is 0 Å². The molecule has 0 bridgehead atoms. The second-order valence-corrected chi connectivity index (χ2v) is 7.42. The lowest BCUT2D eigenvalue weighted by atomic mass is 10.1. The van der Waals surface area contributed by atoms with E-state index in [0.29, 0.717) is 16.5 Å². The van der Waals surface area contributed by atoms with Crippen LogP contribution < -0.4 is 9.47 Å². The van der Waals surface area contributed by atoms with Crippen molar-refractivity contribution in [1.82, 2.24) is 9.47 Å². The lowest BCUT2D eigenvalue weighted by Crippen LogP contribution is -2.34. The number of benzene rings is 1. The Labute approximate surface area is 164 Å². The minimum Gasteiger partial charge on any atom is -0.454 e. The van der Waals surface area contributed by atoms with E-state index in [0.717, 1.165) is 37.8 Å². The molecular formula is C21H23ClN2O3. The fourth-order valence-corrected chi connectivity index (χ4v) is 4.12. The highest BCUT2D eigenvalue weighted by Gasteiger charge is 2.27. The lowest BCUT2D eigenvalue weighted by molar-refractivity contribution is -0.128. The van der Waals surface area contributed by atoms with Crippen LogP contribution in [0.3, 0.4) is 0 Å². The van der Waals surface area contributed by atoms with Crippen LogP contribution in [0.1, 0.15) is 43.0 Å². The quantitative estimate of drug-likeness (QED) is 0.726. The Bertz CT molecular complexity index is 874. The molecule has 2 aromatic rings. The van der Waals surface area contributed by atoms with Gasteiger partial charge in [-0.1, -0.05) is 24.4 Å². The first-order valence-electron chi connectivity index (χ1n) is 9.32. The number of amides is 1. The molecule has 3 heterocycles. The van der Waals surface area contributed by atoms with Crippen molar-refractivity contribution in [3.63, 3.8) is 0 Å². The van der Waals surface area contributed by atoms with Crippen molar-refractivity contribution in [3.05, 3.63) is 52.8 Å². The van der Waals surface area contributed by atoms with Gasteiger partial charge in [-0.2, -0.15) is 0 Å².